The Bertz CT molecular complexity index is 1120. The highest BCUT2D eigenvalue weighted by atomic mass is 16.5. The molecule has 1 atom stereocenters. The number of rotatable bonds is 12. The highest BCUT2D eigenvalue weighted by molar-refractivity contribution is 5.89. The Morgan fingerprint density at radius 2 is 1.64 bits per heavy atom. The Morgan fingerprint density at radius 1 is 1.00 bits per heavy atom. The predicted octanol–water partition coefficient (Wildman–Crippen LogP) is 6.00. The van der Waals surface area contributed by atoms with Gasteiger partial charge in [0, 0.05) is 24.5 Å². The van der Waals surface area contributed by atoms with Crippen molar-refractivity contribution < 1.29 is 14.3 Å². The Hall–Kier alpha value is -3.86. The van der Waals surface area contributed by atoms with Crippen molar-refractivity contribution in [2.45, 2.75) is 38.1 Å². The molecule has 1 heterocycles. The van der Waals surface area contributed by atoms with Crippen molar-refractivity contribution in [3.8, 4) is 11.5 Å². The molecule has 0 bridgehead atoms. The molecule has 1 aliphatic carbocycles. The molecule has 0 spiro atoms. The summed E-state index contributed by atoms with van der Waals surface area (Å²) in [5, 5.41) is 3.24. The third kappa shape index (κ3) is 7.32. The number of benzene rings is 2. The summed E-state index contributed by atoms with van der Waals surface area (Å²) < 4.78 is 10.6. The molecule has 1 N–H and O–H groups in total. The van der Waals surface area contributed by atoms with Gasteiger partial charge in [0.1, 0.15) is 11.5 Å². The maximum absolute atomic E-state index is 12.8. The molecule has 1 fully saturated rings. The summed E-state index contributed by atoms with van der Waals surface area (Å²) >= 11 is 0. The van der Waals surface area contributed by atoms with Gasteiger partial charge < -0.3 is 14.8 Å². The number of carbonyl (C=O) groups is 1. The Kier molecular flexibility index (Phi) is 8.92. The summed E-state index contributed by atoms with van der Waals surface area (Å²) in [6.45, 7) is 0. The fourth-order valence-corrected chi connectivity index (χ4v) is 4.36. The van der Waals surface area contributed by atoms with E-state index in [0.29, 0.717) is 5.92 Å². The minimum Gasteiger partial charge on any atom is -0.497 e. The molecule has 5 heteroatoms. The first kappa shape index (κ1) is 25.2. The molecule has 3 aromatic rings. The molecule has 0 saturated heterocycles. The number of carbonyl (C=O) groups excluding carboxylic acids is 1. The predicted molar refractivity (Wildman–Crippen MR) is 144 cm³/mol. The lowest BCUT2D eigenvalue weighted by Gasteiger charge is -2.17. The van der Waals surface area contributed by atoms with Crippen LogP contribution < -0.4 is 14.8 Å². The summed E-state index contributed by atoms with van der Waals surface area (Å²) in [5.41, 5.74) is 4.34. The van der Waals surface area contributed by atoms with Crippen LogP contribution in [0, 0.1) is 5.92 Å². The van der Waals surface area contributed by atoms with Crippen LogP contribution in [-0.2, 0) is 11.2 Å². The zero-order chi connectivity index (χ0) is 25.2. The fourth-order valence-electron chi connectivity index (χ4n) is 4.36. The first-order chi connectivity index (χ1) is 17.7. The SMILES string of the molecule is COc1ccc(C(=C/C=C/C(=O)N[C@@H](CCCc2cccnc2)C2CC2)c2ccc(OC)cc2)cc1. The Morgan fingerprint density at radius 3 is 2.17 bits per heavy atom. The highest BCUT2D eigenvalue weighted by Gasteiger charge is 2.31. The maximum atomic E-state index is 12.8. The molecule has 1 amide bonds. The molecular formula is C31H34N2O3. The van der Waals surface area contributed by atoms with E-state index in [2.05, 4.69) is 16.4 Å². The number of pyridine rings is 1. The number of hydrogen-bond acceptors (Lipinski definition) is 4. The molecule has 186 valence electrons. The number of allylic oxidation sites excluding steroid dienone is 2. The lowest BCUT2D eigenvalue weighted by atomic mass is 9.97. The average Bonchev–Trinajstić information content (AvgIpc) is 3.77. The summed E-state index contributed by atoms with van der Waals surface area (Å²) in [6, 6.07) is 20.2. The largest absolute Gasteiger partial charge is 0.497 e. The van der Waals surface area contributed by atoms with E-state index in [4.69, 9.17) is 9.47 Å². The molecular weight excluding hydrogens is 448 g/mol. The van der Waals surface area contributed by atoms with Crippen molar-refractivity contribution in [3.63, 3.8) is 0 Å². The highest BCUT2D eigenvalue weighted by Crippen LogP contribution is 2.34. The van der Waals surface area contributed by atoms with E-state index >= 15 is 0 Å². The first-order valence-electron chi connectivity index (χ1n) is 12.5. The van der Waals surface area contributed by atoms with Gasteiger partial charge in [-0.2, -0.15) is 0 Å². The minimum absolute atomic E-state index is 0.0478. The van der Waals surface area contributed by atoms with Gasteiger partial charge in [0.05, 0.1) is 14.2 Å². The van der Waals surface area contributed by atoms with Gasteiger partial charge in [-0.15, -0.1) is 0 Å². The Balaban J connectivity index is 1.42. The number of methoxy groups -OCH3 is 2. The lowest BCUT2D eigenvalue weighted by Crippen LogP contribution is -2.35. The molecule has 1 aliphatic rings. The van der Waals surface area contributed by atoms with E-state index in [1.54, 1.807) is 26.5 Å². The molecule has 1 saturated carbocycles. The van der Waals surface area contributed by atoms with Gasteiger partial charge in [-0.1, -0.05) is 42.5 Å². The number of nitrogens with one attached hydrogen (secondary N) is 1. The van der Waals surface area contributed by atoms with E-state index in [1.807, 2.05) is 72.9 Å². The number of nitrogens with zero attached hydrogens (tertiary/aromatic N) is 1. The maximum Gasteiger partial charge on any atom is 0.244 e. The molecule has 2 aromatic carbocycles. The van der Waals surface area contributed by atoms with Crippen LogP contribution >= 0.6 is 0 Å². The zero-order valence-electron chi connectivity index (χ0n) is 21.0. The second-order valence-electron chi connectivity index (χ2n) is 9.10. The second-order valence-corrected chi connectivity index (χ2v) is 9.10. The lowest BCUT2D eigenvalue weighted by molar-refractivity contribution is -0.117. The smallest absolute Gasteiger partial charge is 0.244 e. The van der Waals surface area contributed by atoms with Crippen molar-refractivity contribution >= 4 is 11.5 Å². The van der Waals surface area contributed by atoms with Gasteiger partial charge in [-0.3, -0.25) is 9.78 Å². The summed E-state index contributed by atoms with van der Waals surface area (Å²) in [5.74, 6) is 2.16. The van der Waals surface area contributed by atoms with Gasteiger partial charge in [0.25, 0.3) is 0 Å². The quantitative estimate of drug-likeness (QED) is 0.254. The van der Waals surface area contributed by atoms with Crippen LogP contribution in [0.2, 0.25) is 0 Å². The van der Waals surface area contributed by atoms with Crippen LogP contribution in [0.3, 0.4) is 0 Å². The molecule has 4 rings (SSSR count). The molecule has 36 heavy (non-hydrogen) atoms. The van der Waals surface area contributed by atoms with E-state index in [0.717, 1.165) is 47.5 Å². The van der Waals surface area contributed by atoms with Gasteiger partial charge >= 0.3 is 0 Å². The van der Waals surface area contributed by atoms with Crippen LogP contribution in [0.25, 0.3) is 5.57 Å². The molecule has 5 nitrogen and oxygen atoms in total. The van der Waals surface area contributed by atoms with Gasteiger partial charge in [-0.25, -0.2) is 0 Å². The van der Waals surface area contributed by atoms with Crippen molar-refractivity contribution in [1.82, 2.24) is 10.3 Å². The van der Waals surface area contributed by atoms with Crippen LogP contribution in [0.15, 0.2) is 91.3 Å². The topological polar surface area (TPSA) is 60.5 Å². The van der Waals surface area contributed by atoms with E-state index in [-0.39, 0.29) is 11.9 Å². The third-order valence-corrected chi connectivity index (χ3v) is 6.53. The van der Waals surface area contributed by atoms with Crippen molar-refractivity contribution in [1.29, 1.82) is 0 Å². The van der Waals surface area contributed by atoms with E-state index < -0.39 is 0 Å². The summed E-state index contributed by atoms with van der Waals surface area (Å²) in [4.78, 5) is 17.0. The fraction of sp³-hybridized carbons (Fsp3) is 0.290. The normalized spacial score (nSPS) is 13.7. The zero-order valence-corrected chi connectivity index (χ0v) is 21.0. The second kappa shape index (κ2) is 12.7. The van der Waals surface area contributed by atoms with Crippen molar-refractivity contribution in [2.75, 3.05) is 14.2 Å². The Labute approximate surface area is 213 Å². The number of amides is 1. The van der Waals surface area contributed by atoms with Crippen molar-refractivity contribution in [2.24, 2.45) is 5.92 Å². The summed E-state index contributed by atoms with van der Waals surface area (Å²) in [7, 11) is 3.31. The standard InChI is InChI=1S/C31H34N2O3/c1-35-27-17-13-24(14-18-27)29(25-15-19-28(36-2)20-16-25)8-4-10-31(34)33-30(26-11-12-26)9-3-6-23-7-5-21-32-22-23/h4-5,7-8,10,13-22,26,30H,3,6,9,11-12H2,1-2H3,(H,33,34)/b10-4+/t30-/m0/s1. The van der Waals surface area contributed by atoms with Gasteiger partial charge in [0.2, 0.25) is 5.91 Å². The molecule has 0 unspecified atom stereocenters. The molecule has 1 aromatic heterocycles. The van der Waals surface area contributed by atoms with E-state index in [9.17, 15) is 4.79 Å². The van der Waals surface area contributed by atoms with Crippen molar-refractivity contribution in [3.05, 3.63) is 108 Å². The van der Waals surface area contributed by atoms with Gasteiger partial charge in [0.15, 0.2) is 0 Å². The number of ether oxygens (including phenoxy) is 2. The average molecular weight is 483 g/mol. The number of hydrogen-bond donors (Lipinski definition) is 1. The van der Waals surface area contributed by atoms with Crippen LogP contribution in [-0.4, -0.2) is 31.2 Å². The third-order valence-electron chi connectivity index (χ3n) is 6.53. The van der Waals surface area contributed by atoms with Crippen LogP contribution in [0.5, 0.6) is 11.5 Å². The molecule has 0 radical (unpaired) electrons. The van der Waals surface area contributed by atoms with Gasteiger partial charge in [-0.05, 0) is 90.6 Å². The first-order valence-corrected chi connectivity index (χ1v) is 12.5. The monoisotopic (exact) mass is 482 g/mol. The van der Waals surface area contributed by atoms with Crippen LogP contribution in [0.4, 0.5) is 0 Å². The molecule has 0 aliphatic heterocycles. The minimum atomic E-state index is -0.0478. The summed E-state index contributed by atoms with van der Waals surface area (Å²) in [6.07, 6.45) is 14.6. The number of aryl methyl sites for hydroxylation is 1. The van der Waals surface area contributed by atoms with Crippen LogP contribution in [0.1, 0.15) is 42.4 Å². The van der Waals surface area contributed by atoms with E-state index in [1.165, 1.54) is 18.4 Å². The number of aromatic nitrogens is 1.